The van der Waals surface area contributed by atoms with Crippen LogP contribution in [0.4, 0.5) is 0 Å². The largest absolute Gasteiger partial charge is 0.287 e. The van der Waals surface area contributed by atoms with Crippen molar-refractivity contribution in [3.8, 4) is 0 Å². The number of aromatic nitrogens is 4. The second-order valence-electron chi connectivity index (χ2n) is 3.59. The number of carbonyl (C=O) groups is 1. The van der Waals surface area contributed by atoms with Crippen LogP contribution in [0.25, 0.3) is 10.8 Å². The van der Waals surface area contributed by atoms with Crippen LogP contribution in [0, 0.1) is 0 Å². The van der Waals surface area contributed by atoms with E-state index < -0.39 is 0 Å². The number of H-pyrrole nitrogens is 1. The van der Waals surface area contributed by atoms with Gasteiger partial charge in [0, 0.05) is 17.8 Å². The van der Waals surface area contributed by atoms with Crippen molar-refractivity contribution < 1.29 is 4.79 Å². The standard InChI is InChI=1S/C12H8N4O/c17-12(11-7-14-16-15-11)10-6-13-5-8-3-1-2-4-9(8)10/h1-7H,(H,14,15,16). The van der Waals surface area contributed by atoms with Gasteiger partial charge in [0.15, 0.2) is 5.69 Å². The summed E-state index contributed by atoms with van der Waals surface area (Å²) in [6.45, 7) is 0. The lowest BCUT2D eigenvalue weighted by atomic mass is 10.0. The van der Waals surface area contributed by atoms with Gasteiger partial charge in [-0.3, -0.25) is 9.78 Å². The molecule has 0 saturated carbocycles. The van der Waals surface area contributed by atoms with E-state index in [9.17, 15) is 4.79 Å². The molecule has 3 rings (SSSR count). The molecule has 0 spiro atoms. The predicted molar refractivity (Wildman–Crippen MR) is 61.6 cm³/mol. The highest BCUT2D eigenvalue weighted by Gasteiger charge is 2.14. The minimum absolute atomic E-state index is 0.178. The third-order valence-electron chi connectivity index (χ3n) is 2.56. The molecule has 0 atom stereocenters. The maximum absolute atomic E-state index is 12.2. The van der Waals surface area contributed by atoms with Gasteiger partial charge in [-0.25, -0.2) is 0 Å². The molecule has 0 aliphatic heterocycles. The Morgan fingerprint density at radius 2 is 2.00 bits per heavy atom. The molecule has 82 valence electrons. The number of ketones is 1. The van der Waals surface area contributed by atoms with E-state index in [-0.39, 0.29) is 5.78 Å². The van der Waals surface area contributed by atoms with E-state index in [4.69, 9.17) is 0 Å². The minimum Gasteiger partial charge on any atom is -0.287 e. The first kappa shape index (κ1) is 9.65. The van der Waals surface area contributed by atoms with Gasteiger partial charge in [-0.15, -0.1) is 0 Å². The van der Waals surface area contributed by atoms with Crippen molar-refractivity contribution in [1.29, 1.82) is 0 Å². The van der Waals surface area contributed by atoms with Crippen molar-refractivity contribution in [3.63, 3.8) is 0 Å². The van der Waals surface area contributed by atoms with Crippen LogP contribution in [0.1, 0.15) is 16.1 Å². The van der Waals surface area contributed by atoms with Gasteiger partial charge in [0.1, 0.15) is 0 Å². The fourth-order valence-corrected chi connectivity index (χ4v) is 1.75. The number of fused-ring (bicyclic) bond motifs is 1. The lowest BCUT2D eigenvalue weighted by molar-refractivity contribution is 0.103. The summed E-state index contributed by atoms with van der Waals surface area (Å²) in [5, 5.41) is 11.6. The first-order valence-electron chi connectivity index (χ1n) is 5.09. The second-order valence-corrected chi connectivity index (χ2v) is 3.59. The summed E-state index contributed by atoms with van der Waals surface area (Å²) in [6.07, 6.45) is 4.69. The monoisotopic (exact) mass is 224 g/mol. The van der Waals surface area contributed by atoms with E-state index in [2.05, 4.69) is 20.4 Å². The number of nitrogens with one attached hydrogen (secondary N) is 1. The van der Waals surface area contributed by atoms with Crippen LogP contribution in [0.5, 0.6) is 0 Å². The summed E-state index contributed by atoms with van der Waals surface area (Å²) in [5.41, 5.74) is 0.833. The Kier molecular flexibility index (Phi) is 2.15. The quantitative estimate of drug-likeness (QED) is 0.671. The molecule has 0 unspecified atom stereocenters. The molecule has 3 aromatic rings. The third kappa shape index (κ3) is 1.57. The van der Waals surface area contributed by atoms with Crippen molar-refractivity contribution in [2.75, 3.05) is 0 Å². The molecule has 0 fully saturated rings. The van der Waals surface area contributed by atoms with Crippen LogP contribution < -0.4 is 0 Å². The summed E-state index contributed by atoms with van der Waals surface area (Å²) in [6, 6.07) is 7.61. The fourth-order valence-electron chi connectivity index (χ4n) is 1.75. The van der Waals surface area contributed by atoms with Gasteiger partial charge in [0.2, 0.25) is 5.78 Å². The van der Waals surface area contributed by atoms with Crippen molar-refractivity contribution in [3.05, 3.63) is 54.1 Å². The zero-order chi connectivity index (χ0) is 11.7. The van der Waals surface area contributed by atoms with Gasteiger partial charge in [-0.05, 0) is 5.39 Å². The minimum atomic E-state index is -0.178. The Balaban J connectivity index is 2.21. The molecular weight excluding hydrogens is 216 g/mol. The molecule has 2 aromatic heterocycles. The Labute approximate surface area is 96.5 Å². The molecule has 0 saturated heterocycles. The van der Waals surface area contributed by atoms with Gasteiger partial charge in [0.05, 0.1) is 11.8 Å². The van der Waals surface area contributed by atoms with Crippen LogP contribution in [-0.4, -0.2) is 26.2 Å². The number of aromatic amines is 1. The van der Waals surface area contributed by atoms with Crippen LogP contribution in [-0.2, 0) is 0 Å². The van der Waals surface area contributed by atoms with Crippen LogP contribution in [0.2, 0.25) is 0 Å². The van der Waals surface area contributed by atoms with E-state index in [0.29, 0.717) is 11.3 Å². The molecular formula is C12H8N4O. The molecule has 0 bridgehead atoms. The summed E-state index contributed by atoms with van der Waals surface area (Å²) < 4.78 is 0. The molecule has 1 aromatic carbocycles. The highest BCUT2D eigenvalue weighted by Crippen LogP contribution is 2.18. The van der Waals surface area contributed by atoms with Crippen LogP contribution >= 0.6 is 0 Å². The molecule has 0 radical (unpaired) electrons. The maximum atomic E-state index is 12.2. The van der Waals surface area contributed by atoms with E-state index in [0.717, 1.165) is 10.8 Å². The number of hydrogen-bond donors (Lipinski definition) is 1. The summed E-state index contributed by atoms with van der Waals surface area (Å²) >= 11 is 0. The Morgan fingerprint density at radius 3 is 2.82 bits per heavy atom. The van der Waals surface area contributed by atoms with Crippen molar-refractivity contribution in [2.24, 2.45) is 0 Å². The number of benzene rings is 1. The van der Waals surface area contributed by atoms with Crippen LogP contribution in [0.3, 0.4) is 0 Å². The van der Waals surface area contributed by atoms with Crippen molar-refractivity contribution in [1.82, 2.24) is 20.4 Å². The number of nitrogens with zero attached hydrogens (tertiary/aromatic N) is 3. The third-order valence-corrected chi connectivity index (χ3v) is 2.56. The zero-order valence-corrected chi connectivity index (χ0v) is 8.79. The molecule has 5 nitrogen and oxygen atoms in total. The van der Waals surface area contributed by atoms with E-state index in [1.54, 1.807) is 12.4 Å². The first-order chi connectivity index (χ1) is 8.36. The summed E-state index contributed by atoms with van der Waals surface area (Å²) in [5.74, 6) is -0.178. The van der Waals surface area contributed by atoms with E-state index >= 15 is 0 Å². The fraction of sp³-hybridized carbons (Fsp3) is 0. The highest BCUT2D eigenvalue weighted by molar-refractivity contribution is 6.14. The van der Waals surface area contributed by atoms with Crippen LogP contribution in [0.15, 0.2) is 42.9 Å². The molecule has 0 amide bonds. The first-order valence-corrected chi connectivity index (χ1v) is 5.09. The SMILES string of the molecule is O=C(c1cn[nH]n1)c1cncc2ccccc12. The molecule has 17 heavy (non-hydrogen) atoms. The molecule has 1 N–H and O–H groups in total. The van der Waals surface area contributed by atoms with E-state index in [1.165, 1.54) is 6.20 Å². The smallest absolute Gasteiger partial charge is 0.217 e. The number of hydrogen-bond acceptors (Lipinski definition) is 4. The molecule has 0 aliphatic rings. The number of pyridine rings is 1. The Morgan fingerprint density at radius 1 is 1.12 bits per heavy atom. The topological polar surface area (TPSA) is 71.5 Å². The van der Waals surface area contributed by atoms with E-state index in [1.807, 2.05) is 24.3 Å². The number of rotatable bonds is 2. The predicted octanol–water partition coefficient (Wildman–Crippen LogP) is 1.58. The molecule has 5 heteroatoms. The van der Waals surface area contributed by atoms with Gasteiger partial charge < -0.3 is 0 Å². The lowest BCUT2D eigenvalue weighted by Crippen LogP contribution is -2.03. The highest BCUT2D eigenvalue weighted by atomic mass is 16.1. The Hall–Kier alpha value is -2.56. The van der Waals surface area contributed by atoms with Gasteiger partial charge >= 0.3 is 0 Å². The number of carbonyl (C=O) groups excluding carboxylic acids is 1. The normalized spacial score (nSPS) is 10.6. The van der Waals surface area contributed by atoms with Gasteiger partial charge in [-0.2, -0.15) is 15.4 Å². The lowest BCUT2D eigenvalue weighted by Gasteiger charge is -2.02. The second kappa shape index (κ2) is 3.79. The average Bonchev–Trinajstić information content (AvgIpc) is 2.91. The summed E-state index contributed by atoms with van der Waals surface area (Å²) in [4.78, 5) is 16.2. The molecule has 2 heterocycles. The van der Waals surface area contributed by atoms with Crippen molar-refractivity contribution in [2.45, 2.75) is 0 Å². The molecule has 0 aliphatic carbocycles. The Bertz CT molecular complexity index is 671. The maximum Gasteiger partial charge on any atom is 0.217 e. The average molecular weight is 224 g/mol. The zero-order valence-electron chi connectivity index (χ0n) is 8.79. The van der Waals surface area contributed by atoms with Gasteiger partial charge in [0.25, 0.3) is 0 Å². The van der Waals surface area contributed by atoms with Crippen molar-refractivity contribution >= 4 is 16.6 Å². The van der Waals surface area contributed by atoms with Gasteiger partial charge in [-0.1, -0.05) is 24.3 Å². The summed E-state index contributed by atoms with van der Waals surface area (Å²) in [7, 11) is 0.